The van der Waals surface area contributed by atoms with Crippen LogP contribution >= 0.6 is 69.6 Å². The van der Waals surface area contributed by atoms with E-state index in [4.69, 9.17) is 75.3 Å². The maximum absolute atomic E-state index is 14.8. The number of nitrogens with two attached hydrogens (primary N) is 1. The summed E-state index contributed by atoms with van der Waals surface area (Å²) >= 11 is 35.2. The number of para-hydroxylation sites is 1. The zero-order valence-corrected chi connectivity index (χ0v) is 36.4. The van der Waals surface area contributed by atoms with Crippen LogP contribution in [0.15, 0.2) is 116 Å². The van der Waals surface area contributed by atoms with E-state index in [-0.39, 0.29) is 33.7 Å². The van der Waals surface area contributed by atoms with Crippen LogP contribution in [0.25, 0.3) is 21.8 Å². The highest BCUT2D eigenvalue weighted by Crippen LogP contribution is 2.40. The first-order chi connectivity index (χ1) is 29.1. The number of aldehydes is 1. The number of phenolic OH excluding ortho intramolecular Hbond substituents is 2. The quantitative estimate of drug-likeness (QED) is 0.124. The van der Waals surface area contributed by atoms with Crippen LogP contribution in [0.2, 0.25) is 30.1 Å². The van der Waals surface area contributed by atoms with Gasteiger partial charge in [-0.1, -0.05) is 112 Å². The van der Waals surface area contributed by atoms with Crippen molar-refractivity contribution in [3.63, 3.8) is 0 Å². The van der Waals surface area contributed by atoms with Crippen LogP contribution in [-0.2, 0) is 0 Å². The maximum atomic E-state index is 14.8. The minimum absolute atomic E-state index is 0.0200. The molecule has 0 radical (unpaired) electrons. The number of aromatic nitrogens is 4. The Morgan fingerprint density at radius 3 is 1.80 bits per heavy atom. The minimum atomic E-state index is -0.733. The Labute approximate surface area is 378 Å². The standard InChI is InChI=1S/C22H15Cl3FN3O.C9H7NO.C7H4Cl2O.C6H6ClFN2/c1-11-17(25)10-28-22(18(11)26)29-20(14-7-5-13(23)9-16(14)24)15-6-4-12-3-2-8-27-19(12)21(15)30;11-8-5-1-3-7-4-2-6-10-9(7)8;8-6-2-1-5(4-10)7(9)3-6;1-3-4(7)2-10-6(9)5(3)8/h2-10,20,30H,1H3,(H,28,29);1-6,11H;1-4H;2H,1H3,(H2,9,10). The van der Waals surface area contributed by atoms with Crippen molar-refractivity contribution in [2.45, 2.75) is 19.9 Å². The Bertz CT molecular complexity index is 2820. The molecule has 1 atom stereocenters. The second-order valence-corrected chi connectivity index (χ2v) is 15.3. The van der Waals surface area contributed by atoms with Crippen molar-refractivity contribution in [1.82, 2.24) is 19.9 Å². The third-order valence-corrected chi connectivity index (χ3v) is 10.7. The van der Waals surface area contributed by atoms with Crippen LogP contribution < -0.4 is 11.1 Å². The molecule has 1 unspecified atom stereocenters. The zero-order chi connectivity index (χ0) is 44.4. The first-order valence-corrected chi connectivity index (χ1v) is 20.0. The van der Waals surface area contributed by atoms with Crippen LogP contribution in [0, 0.1) is 25.5 Å². The number of rotatable bonds is 5. The summed E-state index contributed by atoms with van der Waals surface area (Å²) in [5.41, 5.74) is 8.34. The lowest BCUT2D eigenvalue weighted by Crippen LogP contribution is -2.16. The molecule has 5 N–H and O–H groups in total. The number of halogens is 8. The molecule has 8 rings (SSSR count). The van der Waals surface area contributed by atoms with Crippen molar-refractivity contribution in [3.05, 3.63) is 185 Å². The molecule has 312 valence electrons. The van der Waals surface area contributed by atoms with Crippen LogP contribution in [0.1, 0.15) is 38.7 Å². The summed E-state index contributed by atoms with van der Waals surface area (Å²) in [6.45, 7) is 3.11. The molecule has 8 aromatic rings. The smallest absolute Gasteiger partial charge is 0.169 e. The lowest BCUT2D eigenvalue weighted by Gasteiger charge is -2.23. The van der Waals surface area contributed by atoms with E-state index >= 15 is 0 Å². The number of nitrogen functional groups attached to an aromatic ring is 1. The van der Waals surface area contributed by atoms with Gasteiger partial charge in [0.05, 0.1) is 21.1 Å². The molecule has 0 aliphatic rings. The molecule has 0 bridgehead atoms. The van der Waals surface area contributed by atoms with Crippen LogP contribution in [0.5, 0.6) is 11.5 Å². The van der Waals surface area contributed by atoms with Crippen molar-refractivity contribution in [2.75, 3.05) is 11.1 Å². The second kappa shape index (κ2) is 21.3. The Morgan fingerprint density at radius 2 is 1.20 bits per heavy atom. The lowest BCUT2D eigenvalue weighted by atomic mass is 9.96. The molecule has 0 spiro atoms. The summed E-state index contributed by atoms with van der Waals surface area (Å²) in [6, 6.07) is 25.3. The number of pyridine rings is 4. The summed E-state index contributed by atoms with van der Waals surface area (Å²) in [5, 5.41) is 27.3. The van der Waals surface area contributed by atoms with Gasteiger partial charge < -0.3 is 21.3 Å². The van der Waals surface area contributed by atoms with Gasteiger partial charge in [-0.25, -0.2) is 18.7 Å². The predicted octanol–water partition coefficient (Wildman–Crippen LogP) is 13.5. The molecule has 4 aromatic carbocycles. The number of carbonyl (C=O) groups excluding carboxylic acids is 1. The van der Waals surface area contributed by atoms with Gasteiger partial charge in [0.1, 0.15) is 22.5 Å². The molecule has 17 heteroatoms. The van der Waals surface area contributed by atoms with E-state index < -0.39 is 17.7 Å². The number of benzene rings is 4. The van der Waals surface area contributed by atoms with E-state index in [1.165, 1.54) is 18.5 Å². The number of nitrogens with one attached hydrogen (secondary N) is 1. The van der Waals surface area contributed by atoms with E-state index in [9.17, 15) is 23.8 Å². The molecule has 0 fully saturated rings. The number of nitrogens with zero attached hydrogens (tertiary/aromatic N) is 4. The molecule has 0 amide bonds. The SMILES string of the molecule is Cc1c(Cl)cnc(N)c1F.Cc1c(Cl)cnc(NC(c2ccc(Cl)cc2Cl)c2ccc3cccnc3c2O)c1F.O=Cc1ccc(Cl)cc1Cl.Oc1cccc2cccnc12. The highest BCUT2D eigenvalue weighted by atomic mass is 35.5. The number of hydrogen-bond donors (Lipinski definition) is 4. The molecular formula is C44H32Cl6F2N6O3. The van der Waals surface area contributed by atoms with Crippen molar-refractivity contribution < 1.29 is 23.8 Å². The Hall–Kier alpha value is -5.53. The average molecular weight is 943 g/mol. The number of phenols is 2. The van der Waals surface area contributed by atoms with Crippen LogP contribution in [0.3, 0.4) is 0 Å². The third kappa shape index (κ3) is 11.6. The molecule has 0 aliphatic carbocycles. The van der Waals surface area contributed by atoms with Gasteiger partial charge in [0.25, 0.3) is 0 Å². The highest BCUT2D eigenvalue weighted by molar-refractivity contribution is 6.36. The fourth-order valence-corrected chi connectivity index (χ4v) is 6.73. The van der Waals surface area contributed by atoms with Gasteiger partial charge in [-0.15, -0.1) is 0 Å². The highest BCUT2D eigenvalue weighted by Gasteiger charge is 2.24. The Morgan fingerprint density at radius 1 is 0.639 bits per heavy atom. The van der Waals surface area contributed by atoms with Crippen molar-refractivity contribution in [1.29, 1.82) is 0 Å². The Balaban J connectivity index is 0.000000184. The van der Waals surface area contributed by atoms with E-state index in [0.29, 0.717) is 64.7 Å². The van der Waals surface area contributed by atoms with Crippen LogP contribution in [0.4, 0.5) is 20.4 Å². The molecule has 0 aliphatic heterocycles. The fourth-order valence-electron chi connectivity index (χ4n) is 5.49. The van der Waals surface area contributed by atoms with Crippen molar-refractivity contribution in [3.8, 4) is 11.5 Å². The number of aromatic hydroxyl groups is 2. The van der Waals surface area contributed by atoms with E-state index in [0.717, 1.165) is 10.8 Å². The van der Waals surface area contributed by atoms with Gasteiger partial charge in [0.15, 0.2) is 29.6 Å². The topological polar surface area (TPSA) is 147 Å². The molecule has 4 aromatic heterocycles. The number of anilines is 2. The largest absolute Gasteiger partial charge is 0.506 e. The van der Waals surface area contributed by atoms with Gasteiger partial charge >= 0.3 is 0 Å². The van der Waals surface area contributed by atoms with Crippen molar-refractivity contribution >= 4 is 109 Å². The van der Waals surface area contributed by atoms with E-state index in [1.807, 2.05) is 30.3 Å². The van der Waals surface area contributed by atoms with E-state index in [2.05, 4.69) is 25.3 Å². The number of fused-ring (bicyclic) bond motifs is 2. The molecule has 61 heavy (non-hydrogen) atoms. The first-order valence-electron chi connectivity index (χ1n) is 17.7. The lowest BCUT2D eigenvalue weighted by molar-refractivity contribution is 0.112. The monoisotopic (exact) mass is 940 g/mol. The van der Waals surface area contributed by atoms with Gasteiger partial charge in [0, 0.05) is 72.9 Å². The average Bonchev–Trinajstić information content (AvgIpc) is 3.25. The maximum Gasteiger partial charge on any atom is 0.169 e. The Kier molecular flexibility index (Phi) is 16.3. The summed E-state index contributed by atoms with van der Waals surface area (Å²) < 4.78 is 27.6. The number of hydrogen-bond acceptors (Lipinski definition) is 9. The summed E-state index contributed by atoms with van der Waals surface area (Å²) in [5.74, 6) is -1.05. The molecule has 0 saturated carbocycles. The second-order valence-electron chi connectivity index (χ2n) is 12.8. The summed E-state index contributed by atoms with van der Waals surface area (Å²) in [4.78, 5) is 26.1. The zero-order valence-electron chi connectivity index (χ0n) is 31.8. The summed E-state index contributed by atoms with van der Waals surface area (Å²) in [6.07, 6.45) is 6.65. The predicted molar refractivity (Wildman–Crippen MR) is 243 cm³/mol. The molecule has 0 saturated heterocycles. The van der Waals surface area contributed by atoms with Gasteiger partial charge in [-0.2, -0.15) is 0 Å². The van der Waals surface area contributed by atoms with Gasteiger partial charge in [-0.3, -0.25) is 14.8 Å². The first kappa shape index (κ1) is 46.5. The van der Waals surface area contributed by atoms with Gasteiger partial charge in [-0.05, 0) is 67.9 Å². The molecular weight excluding hydrogens is 911 g/mol. The third-order valence-electron chi connectivity index (χ3n) is 8.78. The normalized spacial score (nSPS) is 11.0. The van der Waals surface area contributed by atoms with Crippen molar-refractivity contribution in [2.24, 2.45) is 0 Å². The minimum Gasteiger partial charge on any atom is -0.506 e. The van der Waals surface area contributed by atoms with E-state index in [1.54, 1.807) is 80.8 Å². The van der Waals surface area contributed by atoms with Gasteiger partial charge in [0.2, 0.25) is 0 Å². The fraction of sp³-hybridized carbons (Fsp3) is 0.0682. The number of carbonyl (C=O) groups is 1. The summed E-state index contributed by atoms with van der Waals surface area (Å²) in [7, 11) is 0. The molecule has 4 heterocycles. The molecule has 9 nitrogen and oxygen atoms in total. The van der Waals surface area contributed by atoms with Crippen LogP contribution in [-0.4, -0.2) is 36.4 Å².